The standard InChI is InChI=1S/C15H19NS6/c1-16(2)15(17)22-12-4-10(18-6-13-8-20-13)3-11(5-12)19-7-14-9-21-14/h3-5,13-14H,6-9H2,1-2H3. The van der Waals surface area contributed by atoms with E-state index in [1.807, 2.05) is 42.5 Å². The van der Waals surface area contributed by atoms with Crippen molar-refractivity contribution in [1.82, 2.24) is 4.90 Å². The van der Waals surface area contributed by atoms with Crippen LogP contribution in [0.1, 0.15) is 0 Å². The van der Waals surface area contributed by atoms with E-state index in [4.69, 9.17) is 12.2 Å². The molecule has 0 aromatic heterocycles. The topological polar surface area (TPSA) is 3.24 Å². The van der Waals surface area contributed by atoms with Crippen molar-refractivity contribution >= 4 is 75.3 Å². The lowest BCUT2D eigenvalue weighted by atomic mass is 10.4. The fourth-order valence-corrected chi connectivity index (χ4v) is 6.76. The van der Waals surface area contributed by atoms with Gasteiger partial charge in [-0.1, -0.05) is 24.0 Å². The Morgan fingerprint density at radius 2 is 1.50 bits per heavy atom. The van der Waals surface area contributed by atoms with Crippen molar-refractivity contribution in [1.29, 1.82) is 0 Å². The predicted octanol–water partition coefficient (Wildman–Crippen LogP) is 5.04. The quantitative estimate of drug-likeness (QED) is 0.350. The Morgan fingerprint density at radius 3 is 1.91 bits per heavy atom. The molecule has 0 bridgehead atoms. The van der Waals surface area contributed by atoms with Crippen LogP contribution in [0.15, 0.2) is 32.9 Å². The number of thiocarbonyl (C=S) groups is 1. The molecule has 3 rings (SSSR count). The molecule has 1 aromatic rings. The molecule has 7 heteroatoms. The van der Waals surface area contributed by atoms with Crippen LogP contribution in [-0.2, 0) is 0 Å². The van der Waals surface area contributed by atoms with Gasteiger partial charge in [-0.3, -0.25) is 0 Å². The molecule has 2 aliphatic rings. The minimum absolute atomic E-state index is 0.878. The van der Waals surface area contributed by atoms with Crippen molar-refractivity contribution in [3.63, 3.8) is 0 Å². The second-order valence-electron chi connectivity index (χ2n) is 5.44. The van der Waals surface area contributed by atoms with Crippen LogP contribution in [-0.4, -0.2) is 56.8 Å². The van der Waals surface area contributed by atoms with Crippen molar-refractivity contribution in [3.8, 4) is 0 Å². The molecule has 120 valence electrons. The third kappa shape index (κ3) is 6.06. The summed E-state index contributed by atoms with van der Waals surface area (Å²) in [6.07, 6.45) is 0. The summed E-state index contributed by atoms with van der Waals surface area (Å²) in [5, 5.41) is 1.76. The summed E-state index contributed by atoms with van der Waals surface area (Å²) in [7, 11) is 4.02. The summed E-state index contributed by atoms with van der Waals surface area (Å²) in [6, 6.07) is 6.96. The maximum absolute atomic E-state index is 5.45. The SMILES string of the molecule is CN(C)C(=S)Sc1cc(SCC2CS2)cc(SCC2CS2)c1. The van der Waals surface area contributed by atoms with Crippen LogP contribution < -0.4 is 0 Å². The molecule has 0 saturated carbocycles. The molecule has 0 radical (unpaired) electrons. The minimum atomic E-state index is 0.878. The first-order chi connectivity index (χ1) is 10.6. The highest BCUT2D eigenvalue weighted by Gasteiger charge is 2.23. The molecule has 1 nitrogen and oxygen atoms in total. The molecule has 0 aliphatic carbocycles. The van der Waals surface area contributed by atoms with E-state index < -0.39 is 0 Å². The van der Waals surface area contributed by atoms with Crippen LogP contribution in [0, 0.1) is 0 Å². The molecule has 2 saturated heterocycles. The summed E-state index contributed by atoms with van der Waals surface area (Å²) >= 11 is 15.3. The Balaban J connectivity index is 1.68. The van der Waals surface area contributed by atoms with Gasteiger partial charge in [0, 0.05) is 62.3 Å². The van der Waals surface area contributed by atoms with E-state index in [2.05, 4.69) is 41.7 Å². The zero-order chi connectivity index (χ0) is 15.5. The summed E-state index contributed by atoms with van der Waals surface area (Å²) in [6.45, 7) is 0. The van der Waals surface area contributed by atoms with Gasteiger partial charge in [0.25, 0.3) is 0 Å². The van der Waals surface area contributed by atoms with Gasteiger partial charge in [0.15, 0.2) is 0 Å². The molecule has 2 atom stereocenters. The predicted molar refractivity (Wildman–Crippen MR) is 113 cm³/mol. The number of rotatable bonds is 7. The number of thioether (sulfide) groups is 5. The van der Waals surface area contributed by atoms with E-state index >= 15 is 0 Å². The summed E-state index contributed by atoms with van der Waals surface area (Å²) < 4.78 is 0.925. The molecule has 2 fully saturated rings. The molecule has 2 aliphatic heterocycles. The highest BCUT2D eigenvalue weighted by molar-refractivity contribution is 8.23. The third-order valence-corrected chi connectivity index (χ3v) is 9.37. The lowest BCUT2D eigenvalue weighted by Gasteiger charge is -2.14. The van der Waals surface area contributed by atoms with Crippen LogP contribution in [0.25, 0.3) is 0 Å². The second-order valence-corrected chi connectivity index (χ2v) is 12.0. The lowest BCUT2D eigenvalue weighted by molar-refractivity contribution is 0.648. The Labute approximate surface area is 159 Å². The zero-order valence-corrected chi connectivity index (χ0v) is 17.5. The molecule has 1 aromatic carbocycles. The van der Waals surface area contributed by atoms with Crippen LogP contribution in [0.3, 0.4) is 0 Å². The normalized spacial score (nSPS) is 22.5. The molecule has 2 heterocycles. The average Bonchev–Trinajstić information content (AvgIpc) is 3.37. The zero-order valence-electron chi connectivity index (χ0n) is 12.6. The number of nitrogens with zero attached hydrogens (tertiary/aromatic N) is 1. The molecular weight excluding hydrogens is 387 g/mol. The Bertz CT molecular complexity index is 505. The summed E-state index contributed by atoms with van der Waals surface area (Å²) in [4.78, 5) is 6.07. The van der Waals surface area contributed by atoms with E-state index in [1.54, 1.807) is 11.8 Å². The maximum atomic E-state index is 5.45. The third-order valence-electron chi connectivity index (χ3n) is 3.10. The van der Waals surface area contributed by atoms with Gasteiger partial charge >= 0.3 is 0 Å². The van der Waals surface area contributed by atoms with Crippen molar-refractivity contribution < 1.29 is 0 Å². The summed E-state index contributed by atoms with van der Waals surface area (Å²) in [5.74, 6) is 5.15. The fourth-order valence-electron chi connectivity index (χ4n) is 1.67. The minimum Gasteiger partial charge on any atom is -0.363 e. The highest BCUT2D eigenvalue weighted by atomic mass is 32.2. The van der Waals surface area contributed by atoms with E-state index in [-0.39, 0.29) is 0 Å². The second kappa shape index (κ2) is 8.30. The van der Waals surface area contributed by atoms with Crippen molar-refractivity contribution in [2.75, 3.05) is 37.1 Å². The van der Waals surface area contributed by atoms with Crippen molar-refractivity contribution in [3.05, 3.63) is 18.2 Å². The van der Waals surface area contributed by atoms with Gasteiger partial charge < -0.3 is 4.90 Å². The van der Waals surface area contributed by atoms with Crippen molar-refractivity contribution in [2.24, 2.45) is 0 Å². The Kier molecular flexibility index (Phi) is 6.67. The van der Waals surface area contributed by atoms with E-state index in [9.17, 15) is 0 Å². The van der Waals surface area contributed by atoms with Crippen LogP contribution in [0.5, 0.6) is 0 Å². The number of benzene rings is 1. The van der Waals surface area contributed by atoms with E-state index in [0.29, 0.717) is 0 Å². The van der Waals surface area contributed by atoms with Crippen LogP contribution in [0.4, 0.5) is 0 Å². The molecule has 0 amide bonds. The van der Waals surface area contributed by atoms with Gasteiger partial charge in [-0.25, -0.2) is 0 Å². The molecule has 2 unspecified atom stereocenters. The van der Waals surface area contributed by atoms with E-state index in [1.165, 1.54) is 37.7 Å². The first-order valence-corrected chi connectivity index (χ1v) is 12.4. The van der Waals surface area contributed by atoms with Crippen molar-refractivity contribution in [2.45, 2.75) is 25.2 Å². The van der Waals surface area contributed by atoms with Crippen LogP contribution in [0.2, 0.25) is 0 Å². The molecular formula is C15H19NS6. The Hall–Kier alpha value is 0.860. The number of hydrogen-bond acceptors (Lipinski definition) is 6. The van der Waals surface area contributed by atoms with Gasteiger partial charge in [0.2, 0.25) is 0 Å². The van der Waals surface area contributed by atoms with Gasteiger partial charge in [0.1, 0.15) is 4.32 Å². The Morgan fingerprint density at radius 1 is 1.05 bits per heavy atom. The van der Waals surface area contributed by atoms with Crippen LogP contribution >= 0.6 is 71.0 Å². The average molecular weight is 406 g/mol. The monoisotopic (exact) mass is 405 g/mol. The molecule has 0 N–H and O–H groups in total. The largest absolute Gasteiger partial charge is 0.363 e. The first-order valence-electron chi connectivity index (χ1n) is 7.13. The van der Waals surface area contributed by atoms with Gasteiger partial charge in [0.05, 0.1) is 0 Å². The smallest absolute Gasteiger partial charge is 0.140 e. The van der Waals surface area contributed by atoms with Gasteiger partial charge in [-0.15, -0.1) is 23.5 Å². The molecule has 22 heavy (non-hydrogen) atoms. The first kappa shape index (κ1) is 17.7. The van der Waals surface area contributed by atoms with Gasteiger partial charge in [-0.2, -0.15) is 23.5 Å². The summed E-state index contributed by atoms with van der Waals surface area (Å²) in [5.41, 5.74) is 0. The lowest BCUT2D eigenvalue weighted by Crippen LogP contribution is -2.15. The van der Waals surface area contributed by atoms with Gasteiger partial charge in [-0.05, 0) is 18.2 Å². The maximum Gasteiger partial charge on any atom is 0.140 e. The van der Waals surface area contributed by atoms with E-state index in [0.717, 1.165) is 14.8 Å². The fraction of sp³-hybridized carbons (Fsp3) is 0.533. The highest BCUT2D eigenvalue weighted by Crippen LogP contribution is 2.40. The molecule has 0 spiro atoms. The number of hydrogen-bond donors (Lipinski definition) is 0.